The molecule has 0 aliphatic heterocycles. The van der Waals surface area contributed by atoms with E-state index in [2.05, 4.69) is 4.98 Å². The maximum atomic E-state index is 10.6. The molecule has 6 heteroatoms. The topological polar surface area (TPSA) is 73.0 Å². The second-order valence-electron chi connectivity index (χ2n) is 1.85. The molecule has 0 saturated heterocycles. The van der Waals surface area contributed by atoms with Crippen LogP contribution >= 0.6 is 11.6 Å². The van der Waals surface area contributed by atoms with Crippen molar-refractivity contribution >= 4 is 17.6 Å². The number of aromatic carboxylic acids is 1. The summed E-state index contributed by atoms with van der Waals surface area (Å²) >= 11 is 5.32. The maximum absolute atomic E-state index is 10.6. The van der Waals surface area contributed by atoms with Crippen LogP contribution in [0.15, 0.2) is 17.1 Å². The zero-order valence-corrected chi connectivity index (χ0v) is 7.01. The summed E-state index contributed by atoms with van der Waals surface area (Å²) < 4.78 is 0. The Bertz CT molecular complexity index is 349. The van der Waals surface area contributed by atoms with Crippen molar-refractivity contribution in [1.29, 1.82) is 0 Å². The van der Waals surface area contributed by atoms with Gasteiger partial charge in [0.2, 0.25) is 0 Å². The molecule has 0 spiro atoms. The number of hydrogen-bond acceptors (Lipinski definition) is 3. The first-order chi connectivity index (χ1) is 5.11. The fourth-order valence-electron chi connectivity index (χ4n) is 0.574. The standard InChI is InChI=1S/C6H4ClNO3.Li/c7-4-1-3(6(10)11)2-8-5(4)9;/h1-2H,(H,8,9)(H,10,11);/q;+1/p-1. The average molecular weight is 179 g/mol. The molecule has 0 aliphatic rings. The van der Waals surface area contributed by atoms with E-state index >= 15 is 0 Å². The number of nitrogens with one attached hydrogen (secondary N) is 1. The van der Waals surface area contributed by atoms with Gasteiger partial charge in [-0.05, 0) is 6.07 Å². The van der Waals surface area contributed by atoms with Crippen LogP contribution in [-0.2, 0) is 0 Å². The third-order valence-electron chi connectivity index (χ3n) is 1.09. The van der Waals surface area contributed by atoms with E-state index in [-0.39, 0.29) is 29.4 Å². The van der Waals surface area contributed by atoms with Gasteiger partial charge in [-0.3, -0.25) is 4.79 Å². The Hall–Kier alpha value is -0.693. The summed E-state index contributed by atoms with van der Waals surface area (Å²) in [4.78, 5) is 22.9. The van der Waals surface area contributed by atoms with Crippen molar-refractivity contribution in [2.24, 2.45) is 0 Å². The summed E-state index contributed by atoms with van der Waals surface area (Å²) in [6, 6.07) is 1.04. The van der Waals surface area contributed by atoms with Crippen LogP contribution in [0.3, 0.4) is 0 Å². The van der Waals surface area contributed by atoms with Crippen molar-refractivity contribution in [1.82, 2.24) is 4.98 Å². The minimum atomic E-state index is -1.37. The molecule has 0 bridgehead atoms. The average Bonchev–Trinajstić information content (AvgIpc) is 1.94. The van der Waals surface area contributed by atoms with Crippen LogP contribution in [0.4, 0.5) is 0 Å². The van der Waals surface area contributed by atoms with Crippen LogP contribution in [0.2, 0.25) is 5.02 Å². The summed E-state index contributed by atoms with van der Waals surface area (Å²) in [6.45, 7) is 0. The minimum absolute atomic E-state index is 0. The van der Waals surface area contributed by atoms with Gasteiger partial charge in [-0.1, -0.05) is 11.6 Å². The predicted octanol–water partition coefficient (Wildman–Crippen LogP) is -3.60. The van der Waals surface area contributed by atoms with E-state index in [0.29, 0.717) is 0 Å². The van der Waals surface area contributed by atoms with Gasteiger partial charge in [-0.2, -0.15) is 0 Å². The quantitative estimate of drug-likeness (QED) is 0.453. The molecule has 0 unspecified atom stereocenters. The number of H-pyrrole nitrogens is 1. The molecule has 0 amide bonds. The molecule has 58 valence electrons. The first-order valence-electron chi connectivity index (χ1n) is 2.71. The fourth-order valence-corrected chi connectivity index (χ4v) is 0.746. The second-order valence-corrected chi connectivity index (χ2v) is 2.26. The van der Waals surface area contributed by atoms with Gasteiger partial charge >= 0.3 is 18.9 Å². The maximum Gasteiger partial charge on any atom is 1.00 e. The third kappa shape index (κ3) is 2.42. The van der Waals surface area contributed by atoms with Gasteiger partial charge < -0.3 is 14.9 Å². The monoisotopic (exact) mass is 179 g/mol. The normalized spacial score (nSPS) is 8.75. The second kappa shape index (κ2) is 4.36. The van der Waals surface area contributed by atoms with E-state index < -0.39 is 11.5 Å². The number of aromatic nitrogens is 1. The van der Waals surface area contributed by atoms with Gasteiger partial charge in [-0.25, -0.2) is 0 Å². The summed E-state index contributed by atoms with van der Waals surface area (Å²) in [5, 5.41) is 10.0. The summed E-state index contributed by atoms with van der Waals surface area (Å²) in [7, 11) is 0. The van der Waals surface area contributed by atoms with E-state index in [0.717, 1.165) is 12.3 Å². The largest absolute Gasteiger partial charge is 1.00 e. The Morgan fingerprint density at radius 1 is 1.58 bits per heavy atom. The number of carbonyl (C=O) groups is 1. The Morgan fingerprint density at radius 2 is 2.17 bits per heavy atom. The predicted molar refractivity (Wildman–Crippen MR) is 36.4 cm³/mol. The zero-order chi connectivity index (χ0) is 8.43. The molecule has 0 saturated carbocycles. The van der Waals surface area contributed by atoms with E-state index in [1.165, 1.54) is 0 Å². The molecule has 0 fully saturated rings. The number of carboxylic acids is 1. The van der Waals surface area contributed by atoms with Crippen LogP contribution < -0.4 is 29.5 Å². The number of pyridine rings is 1. The molecule has 1 N–H and O–H groups in total. The smallest absolute Gasteiger partial charge is 0.545 e. The van der Waals surface area contributed by atoms with Gasteiger partial charge in [-0.15, -0.1) is 0 Å². The molecular formula is C6H3ClLiNO3. The molecule has 1 heterocycles. The fraction of sp³-hybridized carbons (Fsp3) is 0. The Labute approximate surface area is 84.7 Å². The Kier molecular flexibility index (Phi) is 4.11. The van der Waals surface area contributed by atoms with Gasteiger partial charge in [0.05, 0.1) is 5.97 Å². The van der Waals surface area contributed by atoms with Crippen molar-refractivity contribution in [3.05, 3.63) is 33.2 Å². The van der Waals surface area contributed by atoms with Crippen LogP contribution in [0.25, 0.3) is 0 Å². The summed E-state index contributed by atoms with van der Waals surface area (Å²) in [5.74, 6) is -1.37. The molecular weight excluding hydrogens is 176 g/mol. The number of aromatic amines is 1. The van der Waals surface area contributed by atoms with Crippen molar-refractivity contribution in [3.8, 4) is 0 Å². The third-order valence-corrected chi connectivity index (χ3v) is 1.37. The van der Waals surface area contributed by atoms with Crippen molar-refractivity contribution in [3.63, 3.8) is 0 Å². The van der Waals surface area contributed by atoms with Crippen LogP contribution in [0.1, 0.15) is 10.4 Å². The molecule has 0 atom stereocenters. The van der Waals surface area contributed by atoms with Crippen molar-refractivity contribution in [2.45, 2.75) is 0 Å². The molecule has 0 radical (unpaired) electrons. The number of hydrogen-bond donors (Lipinski definition) is 1. The minimum Gasteiger partial charge on any atom is -0.545 e. The van der Waals surface area contributed by atoms with Gasteiger partial charge in [0.25, 0.3) is 5.56 Å². The van der Waals surface area contributed by atoms with E-state index in [4.69, 9.17) is 11.6 Å². The summed E-state index contributed by atoms with van der Waals surface area (Å²) in [5.41, 5.74) is -0.661. The first kappa shape index (κ1) is 11.3. The van der Waals surface area contributed by atoms with Crippen LogP contribution in [0, 0.1) is 0 Å². The van der Waals surface area contributed by atoms with E-state index in [9.17, 15) is 14.7 Å². The SMILES string of the molecule is O=C([O-])c1c[nH]c(=O)c(Cl)c1.[Li+]. The Balaban J connectivity index is 0.00000121. The molecule has 1 rings (SSSR count). The molecule has 12 heavy (non-hydrogen) atoms. The van der Waals surface area contributed by atoms with Crippen LogP contribution in [-0.4, -0.2) is 11.0 Å². The molecule has 1 aromatic heterocycles. The van der Waals surface area contributed by atoms with Gasteiger partial charge in [0.1, 0.15) is 5.02 Å². The van der Waals surface area contributed by atoms with E-state index in [1.54, 1.807) is 0 Å². The Morgan fingerprint density at radius 3 is 2.58 bits per heavy atom. The van der Waals surface area contributed by atoms with Crippen molar-refractivity contribution < 1.29 is 28.8 Å². The van der Waals surface area contributed by atoms with Gasteiger partial charge in [0, 0.05) is 11.8 Å². The van der Waals surface area contributed by atoms with Gasteiger partial charge in [0.15, 0.2) is 0 Å². The summed E-state index contributed by atoms with van der Waals surface area (Å²) in [6.07, 6.45) is 1.03. The zero-order valence-electron chi connectivity index (χ0n) is 6.26. The van der Waals surface area contributed by atoms with Crippen LogP contribution in [0.5, 0.6) is 0 Å². The molecule has 1 aromatic rings. The molecule has 0 aromatic carbocycles. The molecule has 0 aliphatic carbocycles. The number of halogens is 1. The van der Waals surface area contributed by atoms with E-state index in [1.807, 2.05) is 0 Å². The first-order valence-corrected chi connectivity index (χ1v) is 3.08. The number of rotatable bonds is 1. The number of carboxylic acid groups (broad SMARTS) is 1. The molecule has 4 nitrogen and oxygen atoms in total. The number of carbonyl (C=O) groups excluding carboxylic acids is 1. The van der Waals surface area contributed by atoms with Crippen molar-refractivity contribution in [2.75, 3.05) is 0 Å².